The van der Waals surface area contributed by atoms with Crippen LogP contribution in [0.1, 0.15) is 37.5 Å². The number of hydrogen-bond donors (Lipinski definition) is 0. The van der Waals surface area contributed by atoms with Gasteiger partial charge in [-0.05, 0) is 22.1 Å². The maximum atomic E-state index is 9.51. The molecule has 0 radical (unpaired) electrons. The highest BCUT2D eigenvalue weighted by molar-refractivity contribution is 6.53. The van der Waals surface area contributed by atoms with E-state index in [2.05, 4.69) is 32.9 Å². The Balaban J connectivity index is 2.66. The first-order valence-electron chi connectivity index (χ1n) is 6.90. The zero-order valence-electron chi connectivity index (χ0n) is 12.5. The van der Waals surface area contributed by atoms with E-state index in [0.29, 0.717) is 10.6 Å². The Morgan fingerprint density at radius 2 is 1.52 bits per heavy atom. The first-order chi connectivity index (χ1) is 9.95. The number of benzene rings is 2. The minimum Gasteiger partial charge on any atom is -0.192 e. The Labute approximate surface area is 131 Å². The van der Waals surface area contributed by atoms with Crippen LogP contribution in [0, 0.1) is 11.3 Å². The molecule has 0 spiro atoms. The summed E-state index contributed by atoms with van der Waals surface area (Å²) in [6.45, 7) is 6.43. The van der Waals surface area contributed by atoms with Gasteiger partial charge in [-0.3, -0.25) is 0 Å². The predicted octanol–water partition coefficient (Wildman–Crippen LogP) is 5.61. The van der Waals surface area contributed by atoms with Crippen LogP contribution in [-0.4, -0.2) is 0 Å². The SMILES string of the molecule is CC(C)(C)c1ccccc1/C(Cl)=C(/C#N)c1ccccc1. The summed E-state index contributed by atoms with van der Waals surface area (Å²) in [6.07, 6.45) is 0. The molecule has 2 heteroatoms. The molecule has 21 heavy (non-hydrogen) atoms. The monoisotopic (exact) mass is 295 g/mol. The Morgan fingerprint density at radius 3 is 2.10 bits per heavy atom. The molecule has 1 nitrogen and oxygen atoms in total. The Morgan fingerprint density at radius 1 is 0.952 bits per heavy atom. The highest BCUT2D eigenvalue weighted by Gasteiger charge is 2.20. The van der Waals surface area contributed by atoms with Crippen LogP contribution >= 0.6 is 11.6 Å². The largest absolute Gasteiger partial charge is 0.192 e. The van der Waals surface area contributed by atoms with E-state index in [1.54, 1.807) is 0 Å². The van der Waals surface area contributed by atoms with Crippen LogP contribution in [0.25, 0.3) is 10.6 Å². The fourth-order valence-electron chi connectivity index (χ4n) is 2.31. The van der Waals surface area contributed by atoms with Gasteiger partial charge in [0.25, 0.3) is 0 Å². The molecule has 106 valence electrons. The highest BCUT2D eigenvalue weighted by atomic mass is 35.5. The fourth-order valence-corrected chi connectivity index (χ4v) is 2.62. The molecule has 0 saturated heterocycles. The average Bonchev–Trinajstić information content (AvgIpc) is 2.48. The van der Waals surface area contributed by atoms with Gasteiger partial charge in [0.1, 0.15) is 6.07 Å². The molecule has 0 N–H and O–H groups in total. The van der Waals surface area contributed by atoms with Crippen molar-refractivity contribution in [2.24, 2.45) is 0 Å². The van der Waals surface area contributed by atoms with Gasteiger partial charge in [-0.1, -0.05) is 87.0 Å². The number of nitriles is 1. The summed E-state index contributed by atoms with van der Waals surface area (Å²) in [4.78, 5) is 0. The summed E-state index contributed by atoms with van der Waals surface area (Å²) >= 11 is 6.58. The molecule has 0 amide bonds. The van der Waals surface area contributed by atoms with Gasteiger partial charge < -0.3 is 0 Å². The van der Waals surface area contributed by atoms with Crippen LogP contribution in [0.5, 0.6) is 0 Å². The van der Waals surface area contributed by atoms with E-state index in [1.165, 1.54) is 0 Å². The van der Waals surface area contributed by atoms with Crippen molar-refractivity contribution in [3.63, 3.8) is 0 Å². The third-order valence-corrected chi connectivity index (χ3v) is 3.76. The van der Waals surface area contributed by atoms with Gasteiger partial charge in [0.05, 0.1) is 10.6 Å². The molecule has 2 rings (SSSR count). The van der Waals surface area contributed by atoms with Crippen LogP contribution in [0.3, 0.4) is 0 Å². The first-order valence-corrected chi connectivity index (χ1v) is 7.28. The van der Waals surface area contributed by atoms with Gasteiger partial charge in [-0.25, -0.2) is 0 Å². The molecule has 0 atom stereocenters. The van der Waals surface area contributed by atoms with Gasteiger partial charge >= 0.3 is 0 Å². The van der Waals surface area contributed by atoms with Crippen LogP contribution in [0.2, 0.25) is 0 Å². The van der Waals surface area contributed by atoms with Crippen molar-refractivity contribution in [2.45, 2.75) is 26.2 Å². The second-order valence-corrected chi connectivity index (χ2v) is 6.34. The van der Waals surface area contributed by atoms with Crippen molar-refractivity contribution < 1.29 is 0 Å². The summed E-state index contributed by atoms with van der Waals surface area (Å²) in [5, 5.41) is 10.0. The minimum atomic E-state index is -0.0337. The second kappa shape index (κ2) is 6.16. The normalized spacial score (nSPS) is 12.5. The van der Waals surface area contributed by atoms with Crippen molar-refractivity contribution in [2.75, 3.05) is 0 Å². The summed E-state index contributed by atoms with van der Waals surface area (Å²) in [7, 11) is 0. The predicted molar refractivity (Wildman–Crippen MR) is 89.9 cm³/mol. The smallest absolute Gasteiger partial charge is 0.101 e. The van der Waals surface area contributed by atoms with Crippen LogP contribution in [0.4, 0.5) is 0 Å². The Bertz CT molecular complexity index is 700. The van der Waals surface area contributed by atoms with E-state index in [9.17, 15) is 5.26 Å². The molecule has 2 aromatic carbocycles. The molecule has 0 aliphatic carbocycles. The molecule has 0 aliphatic heterocycles. The van der Waals surface area contributed by atoms with Gasteiger partial charge in [-0.15, -0.1) is 0 Å². The molecule has 0 unspecified atom stereocenters. The summed E-state index contributed by atoms with van der Waals surface area (Å²) in [5.74, 6) is 0. The maximum Gasteiger partial charge on any atom is 0.101 e. The number of allylic oxidation sites excluding steroid dienone is 1. The van der Waals surface area contributed by atoms with Crippen LogP contribution < -0.4 is 0 Å². The Kier molecular flexibility index (Phi) is 4.50. The van der Waals surface area contributed by atoms with Crippen LogP contribution in [-0.2, 0) is 5.41 Å². The van der Waals surface area contributed by atoms with E-state index in [4.69, 9.17) is 11.6 Å². The number of nitrogens with zero attached hydrogens (tertiary/aromatic N) is 1. The zero-order valence-corrected chi connectivity index (χ0v) is 13.3. The van der Waals surface area contributed by atoms with E-state index in [0.717, 1.165) is 16.7 Å². The zero-order chi connectivity index (χ0) is 15.5. The quantitative estimate of drug-likeness (QED) is 0.521. The second-order valence-electron chi connectivity index (χ2n) is 5.96. The summed E-state index contributed by atoms with van der Waals surface area (Å²) in [5.41, 5.74) is 3.38. The number of halogens is 1. The van der Waals surface area contributed by atoms with Gasteiger partial charge in [0.2, 0.25) is 0 Å². The number of hydrogen-bond acceptors (Lipinski definition) is 1. The van der Waals surface area contributed by atoms with E-state index in [1.807, 2.05) is 48.5 Å². The lowest BCUT2D eigenvalue weighted by atomic mass is 9.83. The van der Waals surface area contributed by atoms with Crippen molar-refractivity contribution in [1.29, 1.82) is 5.26 Å². The molecule has 0 aliphatic rings. The molecule has 0 heterocycles. The lowest BCUT2D eigenvalue weighted by molar-refractivity contribution is 0.589. The molecule has 0 bridgehead atoms. The van der Waals surface area contributed by atoms with Crippen LogP contribution in [0.15, 0.2) is 54.6 Å². The molecule has 0 saturated carbocycles. The minimum absolute atomic E-state index is 0.0337. The van der Waals surface area contributed by atoms with Gasteiger partial charge in [0, 0.05) is 0 Å². The standard InChI is InChI=1S/C19H18ClN/c1-19(2,3)17-12-8-7-11-15(17)18(20)16(13-21)14-9-5-4-6-10-14/h4-12H,1-3H3/b18-16+. The van der Waals surface area contributed by atoms with Crippen molar-refractivity contribution >= 4 is 22.2 Å². The molecular weight excluding hydrogens is 278 g/mol. The third-order valence-electron chi connectivity index (χ3n) is 3.37. The van der Waals surface area contributed by atoms with E-state index in [-0.39, 0.29) is 5.41 Å². The molecule has 0 aromatic heterocycles. The van der Waals surface area contributed by atoms with E-state index >= 15 is 0 Å². The summed E-state index contributed by atoms with van der Waals surface area (Å²) < 4.78 is 0. The average molecular weight is 296 g/mol. The van der Waals surface area contributed by atoms with E-state index < -0.39 is 0 Å². The lowest BCUT2D eigenvalue weighted by Gasteiger charge is -2.23. The molecule has 0 fully saturated rings. The molecule has 2 aromatic rings. The highest BCUT2D eigenvalue weighted by Crippen LogP contribution is 2.36. The van der Waals surface area contributed by atoms with Gasteiger partial charge in [0.15, 0.2) is 0 Å². The van der Waals surface area contributed by atoms with Gasteiger partial charge in [-0.2, -0.15) is 5.26 Å². The lowest BCUT2D eigenvalue weighted by Crippen LogP contribution is -2.13. The van der Waals surface area contributed by atoms with Crippen molar-refractivity contribution in [3.05, 3.63) is 71.3 Å². The molecular formula is C19H18ClN. The number of rotatable bonds is 2. The third kappa shape index (κ3) is 3.35. The fraction of sp³-hybridized carbons (Fsp3) is 0.211. The van der Waals surface area contributed by atoms with Crippen molar-refractivity contribution in [1.82, 2.24) is 0 Å². The topological polar surface area (TPSA) is 23.8 Å². The maximum absolute atomic E-state index is 9.51. The summed E-state index contributed by atoms with van der Waals surface area (Å²) in [6, 6.07) is 19.8. The Hall–Kier alpha value is -2.04. The first kappa shape index (κ1) is 15.4. The van der Waals surface area contributed by atoms with Crippen molar-refractivity contribution in [3.8, 4) is 6.07 Å².